The van der Waals surface area contributed by atoms with Crippen LogP contribution in [0.15, 0.2) is 29.8 Å². The molecular formula is C20H22N2O2. The van der Waals surface area contributed by atoms with E-state index in [-0.39, 0.29) is 5.92 Å². The van der Waals surface area contributed by atoms with Gasteiger partial charge in [-0.3, -0.25) is 4.90 Å². The summed E-state index contributed by atoms with van der Waals surface area (Å²) in [7, 11) is 1.70. The maximum Gasteiger partial charge on any atom is 0.125 e. The molecule has 0 amide bonds. The number of aromatic amines is 1. The van der Waals surface area contributed by atoms with Gasteiger partial charge >= 0.3 is 0 Å². The van der Waals surface area contributed by atoms with Crippen LogP contribution in [0.3, 0.4) is 0 Å². The lowest BCUT2D eigenvalue weighted by atomic mass is 9.64. The molecular weight excluding hydrogens is 300 g/mol. The highest BCUT2D eigenvalue weighted by Crippen LogP contribution is 2.53. The van der Waals surface area contributed by atoms with Crippen LogP contribution in [0.1, 0.15) is 30.6 Å². The van der Waals surface area contributed by atoms with Crippen LogP contribution in [0.5, 0.6) is 5.75 Å². The minimum atomic E-state index is 0.137. The Hall–Kier alpha value is -2.07. The number of aldehydes is 1. The molecule has 1 aromatic carbocycles. The normalized spacial score (nSPS) is 35.2. The Morgan fingerprint density at radius 1 is 1.38 bits per heavy atom. The van der Waals surface area contributed by atoms with Crippen molar-refractivity contribution in [1.29, 1.82) is 0 Å². The largest absolute Gasteiger partial charge is 0.497 e. The molecule has 4 nitrogen and oxygen atoms in total. The molecule has 24 heavy (non-hydrogen) atoms. The first kappa shape index (κ1) is 14.3. The van der Waals surface area contributed by atoms with Crippen molar-refractivity contribution < 1.29 is 9.53 Å². The number of H-pyrrole nitrogens is 1. The highest BCUT2D eigenvalue weighted by atomic mass is 16.5. The number of carbonyl (C=O) groups excluding carboxylic acids is 1. The summed E-state index contributed by atoms with van der Waals surface area (Å²) in [6.45, 7) is 3.12. The van der Waals surface area contributed by atoms with Crippen molar-refractivity contribution in [1.82, 2.24) is 9.88 Å². The first-order chi connectivity index (χ1) is 11.7. The second-order valence-corrected chi connectivity index (χ2v) is 7.31. The van der Waals surface area contributed by atoms with Gasteiger partial charge in [-0.2, -0.15) is 0 Å². The van der Waals surface area contributed by atoms with Crippen molar-refractivity contribution in [3.05, 3.63) is 41.1 Å². The molecule has 6 rings (SSSR count). The molecule has 4 bridgehead atoms. The van der Waals surface area contributed by atoms with E-state index in [1.54, 1.807) is 7.11 Å². The summed E-state index contributed by atoms with van der Waals surface area (Å²) >= 11 is 0. The van der Waals surface area contributed by atoms with Crippen molar-refractivity contribution in [2.45, 2.75) is 31.8 Å². The average molecular weight is 322 g/mol. The molecule has 1 unspecified atom stereocenters. The van der Waals surface area contributed by atoms with Gasteiger partial charge in [0.25, 0.3) is 0 Å². The lowest BCUT2D eigenvalue weighted by Gasteiger charge is -2.57. The van der Waals surface area contributed by atoms with E-state index in [2.05, 4.69) is 35.0 Å². The van der Waals surface area contributed by atoms with E-state index < -0.39 is 0 Å². The van der Waals surface area contributed by atoms with Crippen LogP contribution < -0.4 is 4.74 Å². The monoisotopic (exact) mass is 322 g/mol. The van der Waals surface area contributed by atoms with Crippen LogP contribution in [0.4, 0.5) is 0 Å². The Bertz CT molecular complexity index is 866. The predicted octanol–water partition coefficient (Wildman–Crippen LogP) is 3.24. The summed E-state index contributed by atoms with van der Waals surface area (Å²) in [5, 5.41) is 1.29. The predicted molar refractivity (Wildman–Crippen MR) is 93.2 cm³/mol. The van der Waals surface area contributed by atoms with Gasteiger partial charge in [0.1, 0.15) is 12.0 Å². The number of hydrogen-bond donors (Lipinski definition) is 1. The zero-order valence-electron chi connectivity index (χ0n) is 14.1. The number of fused-ring (bicyclic) bond motifs is 4. The number of methoxy groups -OCH3 is 1. The van der Waals surface area contributed by atoms with Gasteiger partial charge in [0.05, 0.1) is 13.2 Å². The molecule has 1 aromatic heterocycles. The van der Waals surface area contributed by atoms with Crippen molar-refractivity contribution in [3.8, 4) is 5.75 Å². The van der Waals surface area contributed by atoms with E-state index in [1.165, 1.54) is 28.5 Å². The molecule has 5 heterocycles. The van der Waals surface area contributed by atoms with Gasteiger partial charge in [-0.05, 0) is 43.4 Å². The van der Waals surface area contributed by atoms with Crippen LogP contribution in [0.25, 0.3) is 10.9 Å². The minimum Gasteiger partial charge on any atom is -0.497 e. The molecule has 0 saturated carbocycles. The molecule has 5 atom stereocenters. The molecule has 0 aliphatic carbocycles. The Morgan fingerprint density at radius 2 is 2.25 bits per heavy atom. The summed E-state index contributed by atoms with van der Waals surface area (Å²) < 4.78 is 5.37. The second kappa shape index (κ2) is 4.96. The van der Waals surface area contributed by atoms with E-state index in [1.807, 2.05) is 6.07 Å². The number of carbonyl (C=O) groups is 1. The average Bonchev–Trinajstić information content (AvgIpc) is 2.99. The van der Waals surface area contributed by atoms with Crippen LogP contribution in [0, 0.1) is 11.8 Å². The van der Waals surface area contributed by atoms with E-state index in [0.717, 1.165) is 30.7 Å². The molecule has 4 aliphatic heterocycles. The van der Waals surface area contributed by atoms with E-state index >= 15 is 0 Å². The Labute approximate surface area is 141 Å². The summed E-state index contributed by atoms with van der Waals surface area (Å²) in [4.78, 5) is 18.1. The number of nitrogens with zero attached hydrogens (tertiary/aromatic N) is 1. The molecule has 1 N–H and O–H groups in total. The van der Waals surface area contributed by atoms with Crippen LogP contribution >= 0.6 is 0 Å². The summed E-state index contributed by atoms with van der Waals surface area (Å²) in [6, 6.07) is 7.04. The SMILES string of the molecule is C/C=C1/CN2[C@H]3C[C@H]1[C@H](C=O)[C@@H]2Cc1c3[nH]c2cc(OC)ccc12. The fourth-order valence-electron chi connectivity index (χ4n) is 5.33. The van der Waals surface area contributed by atoms with E-state index in [4.69, 9.17) is 4.74 Å². The fraction of sp³-hybridized carbons (Fsp3) is 0.450. The molecule has 124 valence electrons. The fourth-order valence-corrected chi connectivity index (χ4v) is 5.33. The number of allylic oxidation sites excluding steroid dienone is 1. The van der Waals surface area contributed by atoms with E-state index in [9.17, 15) is 4.79 Å². The Kier molecular flexibility index (Phi) is 2.95. The van der Waals surface area contributed by atoms with Gasteiger partial charge in [-0.1, -0.05) is 11.6 Å². The van der Waals surface area contributed by atoms with Crippen molar-refractivity contribution in [3.63, 3.8) is 0 Å². The zero-order chi connectivity index (χ0) is 16.4. The molecule has 3 fully saturated rings. The summed E-state index contributed by atoms with van der Waals surface area (Å²) in [6.07, 6.45) is 5.45. The molecule has 4 aliphatic rings. The molecule has 0 spiro atoms. The molecule has 2 aromatic rings. The van der Waals surface area contributed by atoms with Gasteiger partial charge < -0.3 is 14.5 Å². The standard InChI is InChI=1S/C20H22N2O2/c1-3-11-9-22-18-8-15-13-5-4-12(24-2)6-17(13)21-20(15)19(22)7-14(11)16(18)10-23/h3-6,10,14,16,18-19,21H,7-9H2,1-2H3/b11-3-/t14-,16+,18+,19+/m1/s1. The Morgan fingerprint density at radius 3 is 3.00 bits per heavy atom. The maximum atomic E-state index is 11.8. The number of nitrogens with one attached hydrogen (secondary N) is 1. The maximum absolute atomic E-state index is 11.8. The molecule has 3 saturated heterocycles. The quantitative estimate of drug-likeness (QED) is 0.682. The van der Waals surface area contributed by atoms with Crippen LogP contribution in [-0.2, 0) is 11.2 Å². The number of rotatable bonds is 2. The highest BCUT2D eigenvalue weighted by molar-refractivity contribution is 5.86. The van der Waals surface area contributed by atoms with Gasteiger partial charge in [-0.15, -0.1) is 0 Å². The van der Waals surface area contributed by atoms with Gasteiger partial charge in [0.2, 0.25) is 0 Å². The number of benzene rings is 1. The molecule has 4 heteroatoms. The third-order valence-corrected chi connectivity index (χ3v) is 6.47. The topological polar surface area (TPSA) is 45.3 Å². The first-order valence-corrected chi connectivity index (χ1v) is 8.79. The summed E-state index contributed by atoms with van der Waals surface area (Å²) in [5.41, 5.74) is 5.37. The lowest BCUT2D eigenvalue weighted by Crippen LogP contribution is -2.60. The number of hydrogen-bond acceptors (Lipinski definition) is 3. The van der Waals surface area contributed by atoms with Crippen molar-refractivity contribution >= 4 is 17.2 Å². The first-order valence-electron chi connectivity index (χ1n) is 8.79. The van der Waals surface area contributed by atoms with E-state index in [0.29, 0.717) is 18.0 Å². The smallest absolute Gasteiger partial charge is 0.125 e. The van der Waals surface area contributed by atoms with Gasteiger partial charge in [-0.25, -0.2) is 0 Å². The third kappa shape index (κ3) is 1.69. The number of aromatic nitrogens is 1. The van der Waals surface area contributed by atoms with Crippen molar-refractivity contribution in [2.75, 3.05) is 13.7 Å². The summed E-state index contributed by atoms with van der Waals surface area (Å²) in [5.74, 6) is 1.44. The molecule has 0 radical (unpaired) electrons. The lowest BCUT2D eigenvalue weighted by molar-refractivity contribution is -0.121. The number of ether oxygens (including phenoxy) is 1. The second-order valence-electron chi connectivity index (χ2n) is 7.31. The number of piperidine rings is 3. The minimum absolute atomic E-state index is 0.137. The Balaban J connectivity index is 1.67. The van der Waals surface area contributed by atoms with Gasteiger partial charge in [0, 0.05) is 41.2 Å². The van der Waals surface area contributed by atoms with Crippen LogP contribution in [-0.4, -0.2) is 35.9 Å². The van der Waals surface area contributed by atoms with Gasteiger partial charge in [0.15, 0.2) is 0 Å². The van der Waals surface area contributed by atoms with Crippen molar-refractivity contribution in [2.24, 2.45) is 11.8 Å². The third-order valence-electron chi connectivity index (χ3n) is 6.47. The highest BCUT2D eigenvalue weighted by Gasteiger charge is 2.52. The van der Waals surface area contributed by atoms with Crippen LogP contribution in [0.2, 0.25) is 0 Å². The zero-order valence-corrected chi connectivity index (χ0v) is 14.1.